The Morgan fingerprint density at radius 1 is 1.47 bits per heavy atom. The van der Waals surface area contributed by atoms with Crippen LogP contribution in [0.5, 0.6) is 0 Å². The molecule has 2 atom stereocenters. The number of nitrogens with one attached hydrogen (secondary N) is 2. The summed E-state index contributed by atoms with van der Waals surface area (Å²) >= 11 is 0. The van der Waals surface area contributed by atoms with Crippen LogP contribution < -0.4 is 10.6 Å². The van der Waals surface area contributed by atoms with Crippen molar-refractivity contribution in [1.82, 2.24) is 15.5 Å². The maximum atomic E-state index is 12.0. The van der Waals surface area contributed by atoms with Crippen molar-refractivity contribution in [1.29, 1.82) is 0 Å². The molecule has 2 unspecified atom stereocenters. The summed E-state index contributed by atoms with van der Waals surface area (Å²) in [6, 6.07) is 0.517. The maximum absolute atomic E-state index is 12.0. The number of nitrogens with zero attached hydrogens (tertiary/aromatic N) is 1. The lowest BCUT2D eigenvalue weighted by Crippen LogP contribution is -2.50. The van der Waals surface area contributed by atoms with Crippen LogP contribution in [0, 0.1) is 0 Å². The minimum Gasteiger partial charge on any atom is -0.355 e. The summed E-state index contributed by atoms with van der Waals surface area (Å²) in [5.74, 6) is 0.173. The second kappa shape index (κ2) is 7.67. The van der Waals surface area contributed by atoms with Crippen molar-refractivity contribution in [3.8, 4) is 0 Å². The smallest absolute Gasteiger partial charge is 0.237 e. The molecule has 1 fully saturated rings. The van der Waals surface area contributed by atoms with Gasteiger partial charge in [0.15, 0.2) is 0 Å². The zero-order valence-electron chi connectivity index (χ0n) is 11.5. The van der Waals surface area contributed by atoms with Crippen LogP contribution >= 0.6 is 0 Å². The number of carbonyl (C=O) groups excluding carboxylic acids is 1. The summed E-state index contributed by atoms with van der Waals surface area (Å²) in [6.07, 6.45) is 3.25. The molecular formula is C13H27N3O. The Morgan fingerprint density at radius 2 is 2.24 bits per heavy atom. The Bertz CT molecular complexity index is 227. The Hall–Kier alpha value is -0.610. The second-order valence-corrected chi connectivity index (χ2v) is 4.85. The quantitative estimate of drug-likeness (QED) is 0.698. The van der Waals surface area contributed by atoms with Crippen LogP contribution in [0.2, 0.25) is 0 Å². The molecule has 0 saturated carbocycles. The lowest BCUT2D eigenvalue weighted by molar-refractivity contribution is -0.126. The molecule has 0 aromatic rings. The number of hydrogen-bond donors (Lipinski definition) is 2. The van der Waals surface area contributed by atoms with Gasteiger partial charge in [-0.05, 0) is 39.3 Å². The van der Waals surface area contributed by atoms with Gasteiger partial charge in [0.2, 0.25) is 5.91 Å². The molecule has 4 nitrogen and oxygen atoms in total. The first-order chi connectivity index (χ1) is 8.20. The van der Waals surface area contributed by atoms with Crippen LogP contribution in [0.15, 0.2) is 0 Å². The first-order valence-electron chi connectivity index (χ1n) is 6.94. The van der Waals surface area contributed by atoms with E-state index in [1.165, 1.54) is 0 Å². The Labute approximate surface area is 105 Å². The van der Waals surface area contributed by atoms with Gasteiger partial charge in [-0.25, -0.2) is 0 Å². The van der Waals surface area contributed by atoms with E-state index in [1.54, 1.807) is 0 Å². The molecule has 0 aromatic heterocycles. The molecule has 1 aliphatic heterocycles. The molecule has 1 amide bonds. The number of carbonyl (C=O) groups is 1. The molecule has 0 aliphatic carbocycles. The van der Waals surface area contributed by atoms with Crippen molar-refractivity contribution in [2.24, 2.45) is 0 Å². The van der Waals surface area contributed by atoms with Crippen LogP contribution in [0.1, 0.15) is 40.0 Å². The van der Waals surface area contributed by atoms with Gasteiger partial charge in [0.25, 0.3) is 0 Å². The third-order valence-corrected chi connectivity index (χ3v) is 3.41. The minimum atomic E-state index is -0.00796. The summed E-state index contributed by atoms with van der Waals surface area (Å²) in [6.45, 7) is 10.2. The lowest BCUT2D eigenvalue weighted by Gasteiger charge is -2.33. The zero-order chi connectivity index (χ0) is 12.7. The monoisotopic (exact) mass is 241 g/mol. The van der Waals surface area contributed by atoms with Gasteiger partial charge in [-0.3, -0.25) is 9.69 Å². The average Bonchev–Trinajstić information content (AvgIpc) is 2.85. The predicted octanol–water partition coefficient (Wildman–Crippen LogP) is 0.975. The van der Waals surface area contributed by atoms with Crippen LogP contribution in [0.4, 0.5) is 0 Å². The molecule has 0 radical (unpaired) electrons. The summed E-state index contributed by atoms with van der Waals surface area (Å²) in [5.41, 5.74) is 0. The Morgan fingerprint density at radius 3 is 2.76 bits per heavy atom. The van der Waals surface area contributed by atoms with E-state index in [4.69, 9.17) is 0 Å². The summed E-state index contributed by atoms with van der Waals surface area (Å²) in [5, 5.41) is 6.37. The minimum absolute atomic E-state index is 0.00796. The van der Waals surface area contributed by atoms with Crippen LogP contribution in [-0.2, 0) is 4.79 Å². The van der Waals surface area contributed by atoms with Crippen LogP contribution in [0.3, 0.4) is 0 Å². The second-order valence-electron chi connectivity index (χ2n) is 4.85. The molecule has 0 aromatic carbocycles. The average molecular weight is 241 g/mol. The van der Waals surface area contributed by atoms with Crippen LogP contribution in [0.25, 0.3) is 0 Å². The van der Waals surface area contributed by atoms with Gasteiger partial charge in [0, 0.05) is 19.1 Å². The van der Waals surface area contributed by atoms with Gasteiger partial charge in [0.1, 0.15) is 0 Å². The predicted molar refractivity (Wildman–Crippen MR) is 71.0 cm³/mol. The third-order valence-electron chi connectivity index (χ3n) is 3.41. The first kappa shape index (κ1) is 14.5. The van der Waals surface area contributed by atoms with Crippen molar-refractivity contribution in [3.63, 3.8) is 0 Å². The molecule has 1 heterocycles. The summed E-state index contributed by atoms with van der Waals surface area (Å²) in [4.78, 5) is 14.4. The van der Waals surface area contributed by atoms with E-state index in [0.717, 1.165) is 45.4 Å². The van der Waals surface area contributed by atoms with Gasteiger partial charge < -0.3 is 10.6 Å². The Kier molecular flexibility index (Phi) is 6.52. The maximum Gasteiger partial charge on any atom is 0.237 e. The molecule has 2 N–H and O–H groups in total. The molecule has 0 spiro atoms. The van der Waals surface area contributed by atoms with Gasteiger partial charge in [-0.2, -0.15) is 0 Å². The highest BCUT2D eigenvalue weighted by Crippen LogP contribution is 2.13. The molecule has 100 valence electrons. The number of amides is 1. The van der Waals surface area contributed by atoms with Crippen molar-refractivity contribution >= 4 is 5.91 Å². The van der Waals surface area contributed by atoms with Crippen molar-refractivity contribution in [2.75, 3.05) is 26.2 Å². The van der Waals surface area contributed by atoms with E-state index in [9.17, 15) is 4.79 Å². The van der Waals surface area contributed by atoms with E-state index in [0.29, 0.717) is 6.04 Å². The highest BCUT2D eigenvalue weighted by molar-refractivity contribution is 5.81. The third kappa shape index (κ3) is 4.28. The molecule has 1 aliphatic rings. The number of hydrogen-bond acceptors (Lipinski definition) is 3. The fraction of sp³-hybridized carbons (Fsp3) is 0.923. The first-order valence-corrected chi connectivity index (χ1v) is 6.94. The zero-order valence-corrected chi connectivity index (χ0v) is 11.5. The van der Waals surface area contributed by atoms with E-state index >= 15 is 0 Å². The van der Waals surface area contributed by atoms with E-state index in [-0.39, 0.29) is 11.9 Å². The fourth-order valence-corrected chi connectivity index (χ4v) is 2.42. The molecule has 1 rings (SSSR count). The molecular weight excluding hydrogens is 214 g/mol. The SMILES string of the molecule is CCCNC(=O)C(C)N(CCC)C1CCNC1. The molecule has 4 heteroatoms. The largest absolute Gasteiger partial charge is 0.355 e. The molecule has 0 bridgehead atoms. The summed E-state index contributed by atoms with van der Waals surface area (Å²) < 4.78 is 0. The van der Waals surface area contributed by atoms with Gasteiger partial charge >= 0.3 is 0 Å². The van der Waals surface area contributed by atoms with Gasteiger partial charge in [0.05, 0.1) is 6.04 Å². The summed E-state index contributed by atoms with van der Waals surface area (Å²) in [7, 11) is 0. The normalized spacial score (nSPS) is 21.8. The van der Waals surface area contributed by atoms with Gasteiger partial charge in [-0.1, -0.05) is 13.8 Å². The van der Waals surface area contributed by atoms with Crippen molar-refractivity contribution < 1.29 is 4.79 Å². The standard InChI is InChI=1S/C13H27N3O/c1-4-7-15-13(17)11(3)16(9-5-2)12-6-8-14-10-12/h11-12,14H,4-10H2,1-3H3,(H,15,17). The highest BCUT2D eigenvalue weighted by atomic mass is 16.2. The Balaban J connectivity index is 2.52. The van der Waals surface area contributed by atoms with Crippen LogP contribution in [-0.4, -0.2) is 49.1 Å². The highest BCUT2D eigenvalue weighted by Gasteiger charge is 2.28. The van der Waals surface area contributed by atoms with Crippen molar-refractivity contribution in [3.05, 3.63) is 0 Å². The van der Waals surface area contributed by atoms with E-state index < -0.39 is 0 Å². The topological polar surface area (TPSA) is 44.4 Å². The lowest BCUT2D eigenvalue weighted by atomic mass is 10.1. The fourth-order valence-electron chi connectivity index (χ4n) is 2.42. The number of rotatable bonds is 7. The molecule has 1 saturated heterocycles. The van der Waals surface area contributed by atoms with Gasteiger partial charge in [-0.15, -0.1) is 0 Å². The van der Waals surface area contributed by atoms with Crippen molar-refractivity contribution in [2.45, 2.75) is 52.1 Å². The van der Waals surface area contributed by atoms with E-state index in [1.807, 2.05) is 6.92 Å². The van der Waals surface area contributed by atoms with E-state index in [2.05, 4.69) is 29.4 Å². The molecule has 17 heavy (non-hydrogen) atoms.